The molecule has 31 heavy (non-hydrogen) atoms. The van der Waals surface area contributed by atoms with Crippen molar-refractivity contribution in [1.82, 2.24) is 0 Å². The number of carbonyl (C=O) groups is 2. The van der Waals surface area contributed by atoms with E-state index in [0.717, 1.165) is 11.1 Å². The number of methoxy groups -OCH3 is 1. The number of hydrogen-bond donors (Lipinski definition) is 0. The maximum absolute atomic E-state index is 11.9. The van der Waals surface area contributed by atoms with Gasteiger partial charge in [0.1, 0.15) is 17.3 Å². The van der Waals surface area contributed by atoms with Crippen LogP contribution in [-0.4, -0.2) is 19.0 Å². The third-order valence-electron chi connectivity index (χ3n) is 4.26. The Hall–Kier alpha value is -3.80. The minimum absolute atomic E-state index is 0.293. The molecule has 0 heterocycles. The predicted molar refractivity (Wildman–Crippen MR) is 119 cm³/mol. The maximum atomic E-state index is 11.9. The van der Waals surface area contributed by atoms with Gasteiger partial charge in [-0.05, 0) is 63.1 Å². The molecule has 0 fully saturated rings. The molecule has 2 rings (SSSR count). The summed E-state index contributed by atoms with van der Waals surface area (Å²) in [4.78, 5) is 23.5. The third kappa shape index (κ3) is 6.34. The highest BCUT2D eigenvalue weighted by molar-refractivity contribution is 5.89. The molecule has 0 bridgehead atoms. The summed E-state index contributed by atoms with van der Waals surface area (Å²) < 4.78 is 21.6. The summed E-state index contributed by atoms with van der Waals surface area (Å²) in [5.74, 6) is 1.12. The van der Waals surface area contributed by atoms with E-state index in [1.807, 2.05) is 18.2 Å². The van der Waals surface area contributed by atoms with E-state index in [9.17, 15) is 9.59 Å². The highest BCUT2D eigenvalue weighted by Gasteiger charge is 2.13. The van der Waals surface area contributed by atoms with Gasteiger partial charge in [-0.2, -0.15) is 0 Å². The van der Waals surface area contributed by atoms with Crippen LogP contribution in [0.4, 0.5) is 0 Å². The fourth-order valence-electron chi connectivity index (χ4n) is 2.39. The second-order valence-corrected chi connectivity index (χ2v) is 6.94. The van der Waals surface area contributed by atoms with Crippen LogP contribution >= 0.6 is 0 Å². The zero-order valence-electron chi connectivity index (χ0n) is 18.4. The monoisotopic (exact) mass is 422 g/mol. The van der Waals surface area contributed by atoms with Crippen LogP contribution in [0.15, 0.2) is 78.3 Å². The first kappa shape index (κ1) is 23.5. The fourth-order valence-corrected chi connectivity index (χ4v) is 2.39. The number of rotatable bonds is 8. The number of benzene rings is 2. The Labute approximate surface area is 182 Å². The molecule has 0 atom stereocenters. The van der Waals surface area contributed by atoms with Gasteiger partial charge in [-0.3, -0.25) is 0 Å². The minimum atomic E-state index is -0.524. The molecule has 0 N–H and O–H groups in total. The molecule has 0 radical (unpaired) electrons. The van der Waals surface area contributed by atoms with Gasteiger partial charge in [0.05, 0.1) is 7.11 Å². The maximum Gasteiger partial charge on any atom is 0.338 e. The molecule has 0 saturated carbocycles. The lowest BCUT2D eigenvalue weighted by molar-refractivity contribution is -0.135. The van der Waals surface area contributed by atoms with Crippen molar-refractivity contribution in [3.8, 4) is 28.4 Å². The van der Waals surface area contributed by atoms with Crippen LogP contribution in [0, 0.1) is 0 Å². The molecular weight excluding hydrogens is 396 g/mol. The lowest BCUT2D eigenvalue weighted by Gasteiger charge is -2.12. The van der Waals surface area contributed by atoms with Crippen molar-refractivity contribution >= 4 is 11.9 Å². The molecule has 0 aliphatic rings. The number of esters is 2. The van der Waals surface area contributed by atoms with E-state index >= 15 is 0 Å². The summed E-state index contributed by atoms with van der Waals surface area (Å²) in [5, 5.41) is 0. The number of allylic oxidation sites excluding steroid dienone is 2. The normalized spacial score (nSPS) is 11.1. The van der Waals surface area contributed by atoms with E-state index in [1.54, 1.807) is 52.0 Å². The van der Waals surface area contributed by atoms with E-state index in [0.29, 0.717) is 39.9 Å². The Bertz CT molecular complexity index is 1040. The molecule has 0 aromatic heterocycles. The van der Waals surface area contributed by atoms with Gasteiger partial charge in [-0.1, -0.05) is 31.4 Å². The van der Waals surface area contributed by atoms with Crippen LogP contribution in [0.1, 0.15) is 27.7 Å². The Morgan fingerprint density at radius 3 is 1.84 bits per heavy atom. The van der Waals surface area contributed by atoms with Crippen molar-refractivity contribution < 1.29 is 28.5 Å². The lowest BCUT2D eigenvalue weighted by Crippen LogP contribution is -2.09. The van der Waals surface area contributed by atoms with Crippen molar-refractivity contribution in [3.05, 3.63) is 78.3 Å². The molecule has 0 amide bonds. The van der Waals surface area contributed by atoms with Gasteiger partial charge in [-0.15, -0.1) is 0 Å². The smallest absolute Gasteiger partial charge is 0.338 e. The highest BCUT2D eigenvalue weighted by Crippen LogP contribution is 2.33. The largest absolute Gasteiger partial charge is 0.493 e. The van der Waals surface area contributed by atoms with Crippen LogP contribution in [0.25, 0.3) is 11.1 Å². The van der Waals surface area contributed by atoms with Crippen molar-refractivity contribution in [3.63, 3.8) is 0 Å². The van der Waals surface area contributed by atoms with Gasteiger partial charge >= 0.3 is 11.9 Å². The molecule has 6 heteroatoms. The summed E-state index contributed by atoms with van der Waals surface area (Å²) in [7, 11) is 1.50. The molecule has 0 aliphatic heterocycles. The molecule has 0 saturated heterocycles. The summed E-state index contributed by atoms with van der Waals surface area (Å²) in [5.41, 5.74) is 2.32. The van der Waals surface area contributed by atoms with Crippen LogP contribution in [0.3, 0.4) is 0 Å². The van der Waals surface area contributed by atoms with Gasteiger partial charge in [0, 0.05) is 11.1 Å². The number of ether oxygens (including phenoxy) is 4. The van der Waals surface area contributed by atoms with Gasteiger partial charge in [-0.25, -0.2) is 9.59 Å². The Morgan fingerprint density at radius 2 is 1.29 bits per heavy atom. The number of carbonyl (C=O) groups excluding carboxylic acids is 2. The highest BCUT2D eigenvalue weighted by atomic mass is 16.6. The fraction of sp³-hybridized carbons (Fsp3) is 0.200. The second-order valence-electron chi connectivity index (χ2n) is 6.94. The van der Waals surface area contributed by atoms with Gasteiger partial charge in [0.2, 0.25) is 0 Å². The van der Waals surface area contributed by atoms with Crippen molar-refractivity contribution in [2.75, 3.05) is 7.11 Å². The minimum Gasteiger partial charge on any atom is -0.493 e. The lowest BCUT2D eigenvalue weighted by atomic mass is 10.0. The van der Waals surface area contributed by atoms with E-state index in [4.69, 9.17) is 18.9 Å². The average Bonchev–Trinajstić information content (AvgIpc) is 2.73. The summed E-state index contributed by atoms with van der Waals surface area (Å²) in [6, 6.07) is 12.6. The second kappa shape index (κ2) is 10.3. The zero-order chi connectivity index (χ0) is 23.1. The molecular formula is C25H26O6. The molecule has 0 aliphatic carbocycles. The van der Waals surface area contributed by atoms with Crippen LogP contribution < -0.4 is 14.2 Å². The zero-order valence-corrected chi connectivity index (χ0v) is 18.4. The van der Waals surface area contributed by atoms with E-state index in [1.165, 1.54) is 7.11 Å². The first-order valence-corrected chi connectivity index (χ1v) is 9.51. The first-order valence-electron chi connectivity index (χ1n) is 9.51. The average molecular weight is 422 g/mol. The number of hydrogen-bond acceptors (Lipinski definition) is 6. The summed E-state index contributed by atoms with van der Waals surface area (Å²) >= 11 is 0. The van der Waals surface area contributed by atoms with E-state index in [-0.39, 0.29) is 0 Å². The van der Waals surface area contributed by atoms with Gasteiger partial charge in [0.15, 0.2) is 11.5 Å². The Balaban J connectivity index is 2.21. The quantitative estimate of drug-likeness (QED) is 0.239. The third-order valence-corrected chi connectivity index (χ3v) is 4.26. The van der Waals surface area contributed by atoms with E-state index < -0.39 is 11.9 Å². The van der Waals surface area contributed by atoms with Crippen LogP contribution in [0.5, 0.6) is 17.2 Å². The summed E-state index contributed by atoms with van der Waals surface area (Å²) in [6.45, 7) is 13.7. The van der Waals surface area contributed by atoms with Crippen molar-refractivity contribution in [2.24, 2.45) is 0 Å². The molecule has 162 valence electrons. The van der Waals surface area contributed by atoms with Crippen LogP contribution in [-0.2, 0) is 14.3 Å². The SMILES string of the molecule is C=C(C)C(=O)OC(C)=C(C)Oc1ccc(-c2ccc(OC)c(OC(=O)C(=C)C)c2)cc1. The standard InChI is InChI=1S/C25H26O6/c1-15(2)24(26)30-18(6)17(5)29-21-11-8-19(9-12-21)20-10-13-22(28-7)23(14-20)31-25(27)16(3)4/h8-14H,1,3H2,2,4-7H3. The molecule has 6 nitrogen and oxygen atoms in total. The topological polar surface area (TPSA) is 71.1 Å². The summed E-state index contributed by atoms with van der Waals surface area (Å²) in [6.07, 6.45) is 0. The van der Waals surface area contributed by atoms with Gasteiger partial charge in [0.25, 0.3) is 0 Å². The molecule has 2 aromatic carbocycles. The Kier molecular flexibility index (Phi) is 7.80. The molecule has 2 aromatic rings. The molecule has 0 unspecified atom stereocenters. The first-order chi connectivity index (χ1) is 14.6. The van der Waals surface area contributed by atoms with Crippen molar-refractivity contribution in [1.29, 1.82) is 0 Å². The van der Waals surface area contributed by atoms with Crippen molar-refractivity contribution in [2.45, 2.75) is 27.7 Å². The van der Waals surface area contributed by atoms with E-state index in [2.05, 4.69) is 13.2 Å². The van der Waals surface area contributed by atoms with Gasteiger partial charge < -0.3 is 18.9 Å². The van der Waals surface area contributed by atoms with Crippen LogP contribution in [0.2, 0.25) is 0 Å². The molecule has 0 spiro atoms. The Morgan fingerprint density at radius 1 is 0.710 bits per heavy atom. The predicted octanol–water partition coefficient (Wildman–Crippen LogP) is 5.59.